The third-order valence-electron chi connectivity index (χ3n) is 3.14. The normalized spacial score (nSPS) is 15.4. The van der Waals surface area contributed by atoms with Gasteiger partial charge in [-0.1, -0.05) is 18.2 Å². The second-order valence-electron chi connectivity index (χ2n) is 4.36. The lowest BCUT2D eigenvalue weighted by Gasteiger charge is -2.12. The fourth-order valence-corrected chi connectivity index (χ4v) is 2.97. The van der Waals surface area contributed by atoms with Crippen LogP contribution in [0.25, 0.3) is 0 Å². The smallest absolute Gasteiger partial charge is 0.122 e. The van der Waals surface area contributed by atoms with Gasteiger partial charge in [0.1, 0.15) is 5.75 Å². The van der Waals surface area contributed by atoms with Crippen molar-refractivity contribution < 1.29 is 4.74 Å². The minimum atomic E-state index is 0.0829. The van der Waals surface area contributed by atoms with Crippen molar-refractivity contribution >= 4 is 11.3 Å². The maximum Gasteiger partial charge on any atom is 0.122 e. The topological polar surface area (TPSA) is 35.2 Å². The quantitative estimate of drug-likeness (QED) is 0.902. The second kappa shape index (κ2) is 4.51. The molecule has 2 N–H and O–H groups in total. The van der Waals surface area contributed by atoms with Gasteiger partial charge in [-0.2, -0.15) is 0 Å². The number of hydrogen-bond acceptors (Lipinski definition) is 3. The predicted octanol–water partition coefficient (Wildman–Crippen LogP) is 2.93. The van der Waals surface area contributed by atoms with Crippen molar-refractivity contribution in [1.82, 2.24) is 0 Å². The van der Waals surface area contributed by atoms with E-state index in [1.807, 2.05) is 6.07 Å². The summed E-state index contributed by atoms with van der Waals surface area (Å²) in [6, 6.07) is 10.6. The van der Waals surface area contributed by atoms with E-state index in [4.69, 9.17) is 10.5 Å². The predicted molar refractivity (Wildman–Crippen MR) is 70.6 cm³/mol. The first-order valence-electron chi connectivity index (χ1n) is 5.86. The van der Waals surface area contributed by atoms with Crippen LogP contribution in [0.2, 0.25) is 0 Å². The molecule has 0 amide bonds. The molecule has 2 nitrogen and oxygen atoms in total. The first kappa shape index (κ1) is 10.8. The third-order valence-corrected chi connectivity index (χ3v) is 4.04. The van der Waals surface area contributed by atoms with Gasteiger partial charge < -0.3 is 10.5 Å². The van der Waals surface area contributed by atoms with E-state index >= 15 is 0 Å². The Kier molecular flexibility index (Phi) is 2.87. The molecule has 3 heteroatoms. The Morgan fingerprint density at radius 1 is 1.35 bits per heavy atom. The Balaban J connectivity index is 1.79. The lowest BCUT2D eigenvalue weighted by molar-refractivity contribution is 0.357. The zero-order chi connectivity index (χ0) is 11.7. The number of thiophene rings is 1. The monoisotopic (exact) mass is 245 g/mol. The van der Waals surface area contributed by atoms with Gasteiger partial charge in [-0.15, -0.1) is 11.3 Å². The van der Waals surface area contributed by atoms with Crippen LogP contribution in [0, 0.1) is 0 Å². The molecule has 0 bridgehead atoms. The van der Waals surface area contributed by atoms with Crippen LogP contribution in [0.1, 0.15) is 22.0 Å². The summed E-state index contributed by atoms with van der Waals surface area (Å²) in [5.74, 6) is 1.03. The molecule has 88 valence electrons. The number of hydrogen-bond donors (Lipinski definition) is 1. The van der Waals surface area contributed by atoms with Crippen LogP contribution in [0.5, 0.6) is 5.75 Å². The molecule has 1 atom stereocenters. The Morgan fingerprint density at radius 3 is 3.12 bits per heavy atom. The molecule has 1 unspecified atom stereocenters. The van der Waals surface area contributed by atoms with Gasteiger partial charge in [0.15, 0.2) is 0 Å². The maximum atomic E-state index is 6.25. The van der Waals surface area contributed by atoms with Crippen LogP contribution in [-0.4, -0.2) is 6.61 Å². The van der Waals surface area contributed by atoms with E-state index in [1.54, 1.807) is 11.3 Å². The molecule has 17 heavy (non-hydrogen) atoms. The van der Waals surface area contributed by atoms with Crippen molar-refractivity contribution in [3.8, 4) is 5.75 Å². The van der Waals surface area contributed by atoms with Crippen molar-refractivity contribution in [2.45, 2.75) is 18.9 Å². The van der Waals surface area contributed by atoms with Crippen molar-refractivity contribution in [1.29, 1.82) is 0 Å². The number of rotatable bonds is 3. The molecule has 0 radical (unpaired) electrons. The largest absolute Gasteiger partial charge is 0.493 e. The van der Waals surface area contributed by atoms with Crippen LogP contribution in [0.3, 0.4) is 0 Å². The molecule has 0 spiro atoms. The highest BCUT2D eigenvalue weighted by Gasteiger charge is 2.15. The highest BCUT2D eigenvalue weighted by Crippen LogP contribution is 2.28. The molecule has 0 saturated carbocycles. The fraction of sp³-hybridized carbons (Fsp3) is 0.286. The SMILES string of the molecule is NC(Cc1cccs1)c1ccc2c(c1)CCO2. The third kappa shape index (κ3) is 2.21. The molecule has 1 aliphatic heterocycles. The molecule has 2 aromatic rings. The Bertz CT molecular complexity index is 507. The summed E-state index contributed by atoms with van der Waals surface area (Å²) in [6.07, 6.45) is 1.92. The van der Waals surface area contributed by atoms with Gasteiger partial charge in [0, 0.05) is 23.8 Å². The average Bonchev–Trinajstić information content (AvgIpc) is 2.97. The number of fused-ring (bicyclic) bond motifs is 1. The van der Waals surface area contributed by atoms with Gasteiger partial charge in [-0.3, -0.25) is 0 Å². The first-order chi connectivity index (χ1) is 8.33. The van der Waals surface area contributed by atoms with E-state index in [0.717, 1.165) is 25.2 Å². The number of ether oxygens (including phenoxy) is 1. The Labute approximate surface area is 105 Å². The number of benzene rings is 1. The van der Waals surface area contributed by atoms with E-state index in [-0.39, 0.29) is 6.04 Å². The van der Waals surface area contributed by atoms with Gasteiger partial charge in [-0.05, 0) is 28.6 Å². The summed E-state index contributed by atoms with van der Waals surface area (Å²) in [6.45, 7) is 0.805. The fourth-order valence-electron chi connectivity index (χ4n) is 2.20. The van der Waals surface area contributed by atoms with Crippen molar-refractivity contribution in [2.24, 2.45) is 5.73 Å². The molecule has 1 aromatic carbocycles. The summed E-state index contributed by atoms with van der Waals surface area (Å²) in [5, 5.41) is 2.10. The van der Waals surface area contributed by atoms with Gasteiger partial charge in [0.25, 0.3) is 0 Å². The van der Waals surface area contributed by atoms with Gasteiger partial charge in [0.05, 0.1) is 6.61 Å². The minimum Gasteiger partial charge on any atom is -0.493 e. The molecule has 0 aliphatic carbocycles. The molecule has 0 fully saturated rings. The molecule has 3 rings (SSSR count). The van der Waals surface area contributed by atoms with Crippen LogP contribution in [0.15, 0.2) is 35.7 Å². The highest BCUT2D eigenvalue weighted by molar-refractivity contribution is 7.09. The summed E-state index contributed by atoms with van der Waals surface area (Å²) in [4.78, 5) is 1.34. The van der Waals surface area contributed by atoms with E-state index < -0.39 is 0 Å². The van der Waals surface area contributed by atoms with Crippen molar-refractivity contribution in [3.63, 3.8) is 0 Å². The Morgan fingerprint density at radius 2 is 2.29 bits per heavy atom. The second-order valence-corrected chi connectivity index (χ2v) is 5.39. The molecule has 2 heterocycles. The van der Waals surface area contributed by atoms with Crippen LogP contribution < -0.4 is 10.5 Å². The molecule has 0 saturated heterocycles. The standard InChI is InChI=1S/C14H15NOS/c15-13(9-12-2-1-7-17-12)10-3-4-14-11(8-10)5-6-16-14/h1-4,7-8,13H,5-6,9,15H2. The zero-order valence-electron chi connectivity index (χ0n) is 9.56. The minimum absolute atomic E-state index is 0.0829. The highest BCUT2D eigenvalue weighted by atomic mass is 32.1. The zero-order valence-corrected chi connectivity index (χ0v) is 10.4. The summed E-state index contributed by atoms with van der Waals surface area (Å²) < 4.78 is 5.50. The van der Waals surface area contributed by atoms with Crippen molar-refractivity contribution in [3.05, 3.63) is 51.7 Å². The molecular weight excluding hydrogens is 230 g/mol. The molecule has 1 aromatic heterocycles. The lowest BCUT2D eigenvalue weighted by atomic mass is 10.0. The average molecular weight is 245 g/mol. The van der Waals surface area contributed by atoms with E-state index in [9.17, 15) is 0 Å². The van der Waals surface area contributed by atoms with Crippen LogP contribution >= 0.6 is 11.3 Å². The van der Waals surface area contributed by atoms with Crippen LogP contribution in [-0.2, 0) is 12.8 Å². The summed E-state index contributed by atoms with van der Waals surface area (Å²) in [5.41, 5.74) is 8.75. The summed E-state index contributed by atoms with van der Waals surface area (Å²) in [7, 11) is 0. The summed E-state index contributed by atoms with van der Waals surface area (Å²) >= 11 is 1.77. The first-order valence-corrected chi connectivity index (χ1v) is 6.74. The van der Waals surface area contributed by atoms with Gasteiger partial charge >= 0.3 is 0 Å². The molecular formula is C14H15NOS. The van der Waals surface area contributed by atoms with Crippen molar-refractivity contribution in [2.75, 3.05) is 6.61 Å². The van der Waals surface area contributed by atoms with E-state index in [2.05, 4.69) is 29.6 Å². The maximum absolute atomic E-state index is 6.25. The van der Waals surface area contributed by atoms with Crippen LogP contribution in [0.4, 0.5) is 0 Å². The van der Waals surface area contributed by atoms with Gasteiger partial charge in [0.2, 0.25) is 0 Å². The molecule has 1 aliphatic rings. The van der Waals surface area contributed by atoms with E-state index in [1.165, 1.54) is 16.0 Å². The Hall–Kier alpha value is -1.32. The van der Waals surface area contributed by atoms with E-state index in [0.29, 0.717) is 0 Å². The lowest BCUT2D eigenvalue weighted by Crippen LogP contribution is -2.12. The number of nitrogens with two attached hydrogens (primary N) is 1. The van der Waals surface area contributed by atoms with Gasteiger partial charge in [-0.25, -0.2) is 0 Å².